The molecular formula is C19H24N2O2S. The van der Waals surface area contributed by atoms with Gasteiger partial charge in [0.05, 0.1) is 31.1 Å². The Morgan fingerprint density at radius 1 is 1.21 bits per heavy atom. The van der Waals surface area contributed by atoms with Crippen molar-refractivity contribution in [2.75, 3.05) is 13.2 Å². The van der Waals surface area contributed by atoms with E-state index in [-0.39, 0.29) is 6.10 Å². The molecular weight excluding hydrogens is 320 g/mol. The Hall–Kier alpha value is -1.27. The van der Waals surface area contributed by atoms with Gasteiger partial charge < -0.3 is 9.47 Å². The molecule has 128 valence electrons. The number of rotatable bonds is 6. The lowest BCUT2D eigenvalue weighted by molar-refractivity contribution is -0.102. The van der Waals surface area contributed by atoms with Gasteiger partial charge in [-0.2, -0.15) is 0 Å². The number of aromatic nitrogens is 1. The van der Waals surface area contributed by atoms with Crippen molar-refractivity contribution < 1.29 is 9.47 Å². The van der Waals surface area contributed by atoms with Gasteiger partial charge in [0.15, 0.2) is 0 Å². The van der Waals surface area contributed by atoms with Crippen LogP contribution in [0.2, 0.25) is 0 Å². The molecule has 2 fully saturated rings. The van der Waals surface area contributed by atoms with Crippen LogP contribution in [-0.4, -0.2) is 41.3 Å². The van der Waals surface area contributed by atoms with E-state index in [2.05, 4.69) is 27.4 Å². The summed E-state index contributed by atoms with van der Waals surface area (Å²) in [4.78, 5) is 8.34. The van der Waals surface area contributed by atoms with Crippen molar-refractivity contribution in [2.24, 2.45) is 0 Å². The lowest BCUT2D eigenvalue weighted by atomic mass is 9.99. The summed E-state index contributed by atoms with van der Waals surface area (Å²) in [7, 11) is 0. The monoisotopic (exact) mass is 344 g/mol. The summed E-state index contributed by atoms with van der Waals surface area (Å²) in [6.07, 6.45) is 5.87. The first kappa shape index (κ1) is 16.2. The number of likely N-dealkylation sites (tertiary alicyclic amines) is 1. The molecule has 3 atom stereocenters. The second-order valence-electron chi connectivity index (χ2n) is 6.62. The van der Waals surface area contributed by atoms with Crippen molar-refractivity contribution in [3.05, 3.63) is 52.5 Å². The Morgan fingerprint density at radius 3 is 3.04 bits per heavy atom. The summed E-state index contributed by atoms with van der Waals surface area (Å²) >= 11 is 1.85. The molecule has 4 heterocycles. The van der Waals surface area contributed by atoms with Crippen molar-refractivity contribution >= 4 is 11.3 Å². The van der Waals surface area contributed by atoms with Crippen LogP contribution in [0.4, 0.5) is 0 Å². The molecule has 0 saturated carbocycles. The fourth-order valence-corrected chi connectivity index (χ4v) is 4.52. The Balaban J connectivity index is 1.23. The van der Waals surface area contributed by atoms with E-state index in [0.717, 1.165) is 31.6 Å². The standard InChI is InChI=1S/C19H24N2O2S/c1-2-9-20-15(4-1)13-22-14-16-6-7-18-19(23-16)8-10-21(18)12-17-5-3-11-24-17/h1-5,9,11,16,18-19H,6-8,10,12-14H2/t16-,18+,19+/m1/s1. The zero-order valence-electron chi connectivity index (χ0n) is 13.8. The fourth-order valence-electron chi connectivity index (χ4n) is 3.79. The van der Waals surface area contributed by atoms with E-state index in [9.17, 15) is 0 Å². The van der Waals surface area contributed by atoms with E-state index >= 15 is 0 Å². The highest BCUT2D eigenvalue weighted by Gasteiger charge is 2.39. The van der Waals surface area contributed by atoms with Crippen molar-refractivity contribution in [2.45, 2.75) is 50.7 Å². The maximum atomic E-state index is 6.31. The molecule has 0 unspecified atom stereocenters. The molecule has 0 aromatic carbocycles. The summed E-state index contributed by atoms with van der Waals surface area (Å²) < 4.78 is 12.1. The third-order valence-corrected chi connectivity index (χ3v) is 5.83. The lowest BCUT2D eigenvalue weighted by Crippen LogP contribution is -2.43. The second-order valence-corrected chi connectivity index (χ2v) is 7.65. The van der Waals surface area contributed by atoms with Gasteiger partial charge in [-0.05, 0) is 42.8 Å². The van der Waals surface area contributed by atoms with Crippen LogP contribution in [-0.2, 0) is 22.6 Å². The molecule has 0 spiro atoms. The van der Waals surface area contributed by atoms with Gasteiger partial charge in [-0.25, -0.2) is 0 Å². The number of pyridine rings is 1. The Labute approximate surface area is 147 Å². The zero-order valence-corrected chi connectivity index (χ0v) is 14.7. The lowest BCUT2D eigenvalue weighted by Gasteiger charge is -2.35. The van der Waals surface area contributed by atoms with E-state index in [4.69, 9.17) is 9.47 Å². The minimum atomic E-state index is 0.233. The first-order valence-electron chi connectivity index (χ1n) is 8.78. The largest absolute Gasteiger partial charge is 0.372 e. The molecule has 0 amide bonds. The van der Waals surface area contributed by atoms with Gasteiger partial charge in [0.2, 0.25) is 0 Å². The first-order valence-corrected chi connectivity index (χ1v) is 9.66. The molecule has 4 rings (SSSR count). The topological polar surface area (TPSA) is 34.6 Å². The third kappa shape index (κ3) is 3.86. The van der Waals surface area contributed by atoms with Crippen LogP contribution in [0, 0.1) is 0 Å². The van der Waals surface area contributed by atoms with E-state index in [1.807, 2.05) is 29.5 Å². The predicted molar refractivity (Wildman–Crippen MR) is 94.9 cm³/mol. The number of hydrogen-bond donors (Lipinski definition) is 0. The Morgan fingerprint density at radius 2 is 2.21 bits per heavy atom. The van der Waals surface area contributed by atoms with E-state index in [1.165, 1.54) is 11.3 Å². The van der Waals surface area contributed by atoms with Gasteiger partial charge >= 0.3 is 0 Å². The summed E-state index contributed by atoms with van der Waals surface area (Å²) in [5, 5.41) is 2.16. The molecule has 2 aliphatic rings. The molecule has 0 radical (unpaired) electrons. The molecule has 2 saturated heterocycles. The van der Waals surface area contributed by atoms with Gasteiger partial charge in [0.1, 0.15) is 0 Å². The highest BCUT2D eigenvalue weighted by Crippen LogP contribution is 2.33. The van der Waals surface area contributed by atoms with Crippen molar-refractivity contribution in [3.8, 4) is 0 Å². The predicted octanol–water partition coefficient (Wildman–Crippen LogP) is 3.48. The highest BCUT2D eigenvalue weighted by molar-refractivity contribution is 7.09. The third-order valence-electron chi connectivity index (χ3n) is 4.97. The molecule has 2 aliphatic heterocycles. The SMILES string of the molecule is c1ccc(COC[C@H]2CC[C@H]3[C@H](CCN3Cc3cccs3)O2)nc1. The average Bonchev–Trinajstić information content (AvgIpc) is 3.26. The molecule has 2 aromatic rings. The maximum Gasteiger partial charge on any atom is 0.0889 e. The van der Waals surface area contributed by atoms with Crippen LogP contribution in [0.3, 0.4) is 0 Å². The molecule has 5 heteroatoms. The average molecular weight is 344 g/mol. The van der Waals surface area contributed by atoms with Gasteiger partial charge in [0, 0.05) is 30.2 Å². The van der Waals surface area contributed by atoms with E-state index in [1.54, 1.807) is 6.20 Å². The molecule has 0 aliphatic carbocycles. The van der Waals surface area contributed by atoms with Crippen LogP contribution in [0.15, 0.2) is 41.9 Å². The fraction of sp³-hybridized carbons (Fsp3) is 0.526. The van der Waals surface area contributed by atoms with Gasteiger partial charge in [0.25, 0.3) is 0 Å². The van der Waals surface area contributed by atoms with Gasteiger partial charge in [-0.15, -0.1) is 11.3 Å². The van der Waals surface area contributed by atoms with Crippen molar-refractivity contribution in [1.82, 2.24) is 9.88 Å². The minimum Gasteiger partial charge on any atom is -0.372 e. The Kier molecular flexibility index (Phi) is 5.23. The van der Waals surface area contributed by atoms with Gasteiger partial charge in [-0.3, -0.25) is 9.88 Å². The summed E-state index contributed by atoms with van der Waals surface area (Å²) in [5.74, 6) is 0. The van der Waals surface area contributed by atoms with Crippen LogP contribution < -0.4 is 0 Å². The second kappa shape index (κ2) is 7.74. The van der Waals surface area contributed by atoms with Gasteiger partial charge in [-0.1, -0.05) is 12.1 Å². The molecule has 4 nitrogen and oxygen atoms in total. The normalized spacial score (nSPS) is 27.2. The van der Waals surface area contributed by atoms with Crippen molar-refractivity contribution in [1.29, 1.82) is 0 Å². The number of thiophene rings is 1. The minimum absolute atomic E-state index is 0.233. The quantitative estimate of drug-likeness (QED) is 0.803. The van der Waals surface area contributed by atoms with E-state index < -0.39 is 0 Å². The number of fused-ring (bicyclic) bond motifs is 1. The molecule has 2 aromatic heterocycles. The summed E-state index contributed by atoms with van der Waals surface area (Å²) in [6, 6.07) is 10.9. The maximum absolute atomic E-state index is 6.31. The van der Waals surface area contributed by atoms with Crippen LogP contribution in [0.1, 0.15) is 29.8 Å². The number of hydrogen-bond acceptors (Lipinski definition) is 5. The zero-order chi connectivity index (χ0) is 16.2. The molecule has 0 N–H and O–H groups in total. The smallest absolute Gasteiger partial charge is 0.0889 e. The number of nitrogens with zero attached hydrogens (tertiary/aromatic N) is 2. The first-order chi connectivity index (χ1) is 11.9. The summed E-state index contributed by atoms with van der Waals surface area (Å²) in [6.45, 7) is 3.46. The van der Waals surface area contributed by atoms with Crippen LogP contribution in [0.25, 0.3) is 0 Å². The number of ether oxygens (including phenoxy) is 2. The van der Waals surface area contributed by atoms with Crippen LogP contribution in [0.5, 0.6) is 0 Å². The molecule has 0 bridgehead atoms. The highest BCUT2D eigenvalue weighted by atomic mass is 32.1. The van der Waals surface area contributed by atoms with Crippen LogP contribution >= 0.6 is 11.3 Å². The Bertz CT molecular complexity index is 620. The van der Waals surface area contributed by atoms with E-state index in [0.29, 0.717) is 25.4 Å². The summed E-state index contributed by atoms with van der Waals surface area (Å²) in [5.41, 5.74) is 0.981. The molecule has 24 heavy (non-hydrogen) atoms. The van der Waals surface area contributed by atoms with Crippen molar-refractivity contribution in [3.63, 3.8) is 0 Å².